The Morgan fingerprint density at radius 2 is 2.05 bits per heavy atom. The van der Waals surface area contributed by atoms with E-state index < -0.39 is 36.3 Å². The molecule has 0 aliphatic rings. The molecule has 0 saturated carbocycles. The summed E-state index contributed by atoms with van der Waals surface area (Å²) in [6, 6.07) is 0. The lowest BCUT2D eigenvalue weighted by molar-refractivity contribution is 0.0518. The Hall–Kier alpha value is -2.26. The summed E-state index contributed by atoms with van der Waals surface area (Å²) >= 11 is 0. The molecule has 0 aliphatic heterocycles. The molecule has 1 rings (SSSR count). The third-order valence-electron chi connectivity index (χ3n) is 2.15. The highest BCUT2D eigenvalue weighted by Crippen LogP contribution is 2.10. The number of hydrogen-bond acceptors (Lipinski definition) is 5. The fourth-order valence-corrected chi connectivity index (χ4v) is 1.42. The SMILES string of the molecule is CC(C)(C)OC(=O)NCc1c(C(=O)O)nnn1CC(F)F. The number of aromatic carboxylic acids is 1. The number of aromatic nitrogens is 3. The van der Waals surface area contributed by atoms with E-state index in [2.05, 4.69) is 15.6 Å². The summed E-state index contributed by atoms with van der Waals surface area (Å²) in [4.78, 5) is 22.4. The van der Waals surface area contributed by atoms with E-state index in [1.165, 1.54) is 0 Å². The Morgan fingerprint density at radius 1 is 1.43 bits per heavy atom. The number of ether oxygens (including phenoxy) is 1. The molecule has 0 aliphatic carbocycles. The average Bonchev–Trinajstić information content (AvgIpc) is 2.66. The number of alkyl carbamates (subject to hydrolysis) is 1. The number of halogens is 2. The average molecular weight is 306 g/mol. The van der Waals surface area contributed by atoms with Gasteiger partial charge in [0, 0.05) is 0 Å². The number of alkyl halides is 2. The third-order valence-corrected chi connectivity index (χ3v) is 2.15. The Bertz CT molecular complexity index is 525. The van der Waals surface area contributed by atoms with Crippen molar-refractivity contribution in [2.24, 2.45) is 0 Å². The van der Waals surface area contributed by atoms with E-state index in [-0.39, 0.29) is 12.2 Å². The van der Waals surface area contributed by atoms with Gasteiger partial charge in [0.15, 0.2) is 5.69 Å². The fraction of sp³-hybridized carbons (Fsp3) is 0.636. The largest absolute Gasteiger partial charge is 0.476 e. The van der Waals surface area contributed by atoms with Gasteiger partial charge < -0.3 is 15.2 Å². The molecule has 0 fully saturated rings. The minimum atomic E-state index is -2.73. The summed E-state index contributed by atoms with van der Waals surface area (Å²) in [5.41, 5.74) is -1.36. The molecule has 118 valence electrons. The summed E-state index contributed by atoms with van der Waals surface area (Å²) in [6.45, 7) is 3.80. The molecule has 0 saturated heterocycles. The van der Waals surface area contributed by atoms with E-state index >= 15 is 0 Å². The lowest BCUT2D eigenvalue weighted by Gasteiger charge is -2.19. The summed E-state index contributed by atoms with van der Waals surface area (Å²) in [5.74, 6) is -1.42. The zero-order valence-corrected chi connectivity index (χ0v) is 11.8. The highest BCUT2D eigenvalue weighted by atomic mass is 19.3. The van der Waals surface area contributed by atoms with Gasteiger partial charge in [-0.3, -0.25) is 0 Å². The van der Waals surface area contributed by atoms with Crippen molar-refractivity contribution in [2.75, 3.05) is 0 Å². The minimum absolute atomic E-state index is 0.131. The number of carboxylic acid groups (broad SMARTS) is 1. The molecular weight excluding hydrogens is 290 g/mol. The van der Waals surface area contributed by atoms with Crippen LogP contribution in [0.3, 0.4) is 0 Å². The number of nitrogens with zero attached hydrogens (tertiary/aromatic N) is 3. The summed E-state index contributed by atoms with van der Waals surface area (Å²) in [6.07, 6.45) is -3.53. The first-order valence-electron chi connectivity index (χ1n) is 6.01. The van der Waals surface area contributed by atoms with Gasteiger partial charge in [-0.25, -0.2) is 23.1 Å². The van der Waals surface area contributed by atoms with Crippen LogP contribution in [0.5, 0.6) is 0 Å². The topological polar surface area (TPSA) is 106 Å². The molecule has 0 aromatic carbocycles. The number of amides is 1. The number of rotatable bonds is 5. The predicted octanol–water partition coefficient (Wildman–Crippen LogP) is 1.27. The maximum Gasteiger partial charge on any atom is 0.407 e. The van der Waals surface area contributed by atoms with E-state index in [1.807, 2.05) is 0 Å². The Kier molecular flexibility index (Phi) is 5.17. The first-order chi connectivity index (χ1) is 9.60. The quantitative estimate of drug-likeness (QED) is 0.848. The molecule has 0 unspecified atom stereocenters. The van der Waals surface area contributed by atoms with Crippen molar-refractivity contribution in [3.05, 3.63) is 11.4 Å². The molecular formula is C11H16F2N4O4. The van der Waals surface area contributed by atoms with Crippen LogP contribution >= 0.6 is 0 Å². The van der Waals surface area contributed by atoms with Crippen LogP contribution < -0.4 is 5.32 Å². The van der Waals surface area contributed by atoms with Crippen LogP contribution in [0.1, 0.15) is 37.0 Å². The standard InChI is InChI=1S/C11H16F2N4O4/c1-11(2,3)21-10(20)14-4-6-8(9(18)19)15-16-17(6)5-7(12)13/h7H,4-5H2,1-3H3,(H,14,20)(H,18,19). The van der Waals surface area contributed by atoms with E-state index in [1.54, 1.807) is 20.8 Å². The highest BCUT2D eigenvalue weighted by molar-refractivity contribution is 5.86. The van der Waals surface area contributed by atoms with E-state index in [9.17, 15) is 18.4 Å². The molecule has 1 heterocycles. The van der Waals surface area contributed by atoms with Crippen molar-refractivity contribution in [1.29, 1.82) is 0 Å². The second-order valence-corrected chi connectivity index (χ2v) is 5.12. The molecule has 21 heavy (non-hydrogen) atoms. The van der Waals surface area contributed by atoms with Gasteiger partial charge in [-0.1, -0.05) is 5.21 Å². The Labute approximate surface area is 119 Å². The molecule has 1 amide bonds. The zero-order valence-electron chi connectivity index (χ0n) is 11.8. The molecule has 0 bridgehead atoms. The van der Waals surface area contributed by atoms with Gasteiger partial charge in [-0.2, -0.15) is 0 Å². The second kappa shape index (κ2) is 6.46. The van der Waals surface area contributed by atoms with Gasteiger partial charge in [0.05, 0.1) is 12.2 Å². The fourth-order valence-electron chi connectivity index (χ4n) is 1.42. The maximum absolute atomic E-state index is 12.4. The number of carbonyl (C=O) groups is 2. The van der Waals surface area contributed by atoms with Crippen LogP contribution in [0.15, 0.2) is 0 Å². The molecule has 1 aromatic heterocycles. The van der Waals surface area contributed by atoms with Gasteiger partial charge >= 0.3 is 12.1 Å². The first kappa shape index (κ1) is 16.8. The van der Waals surface area contributed by atoms with Crippen molar-refractivity contribution < 1.29 is 28.2 Å². The third kappa shape index (κ3) is 5.32. The van der Waals surface area contributed by atoms with Crippen molar-refractivity contribution in [3.63, 3.8) is 0 Å². The van der Waals surface area contributed by atoms with Crippen molar-refractivity contribution in [3.8, 4) is 0 Å². The highest BCUT2D eigenvalue weighted by Gasteiger charge is 2.22. The second-order valence-electron chi connectivity index (χ2n) is 5.12. The monoisotopic (exact) mass is 306 g/mol. The lowest BCUT2D eigenvalue weighted by Crippen LogP contribution is -2.33. The maximum atomic E-state index is 12.4. The van der Waals surface area contributed by atoms with Crippen LogP contribution in [0.25, 0.3) is 0 Å². The van der Waals surface area contributed by atoms with Crippen LogP contribution in [0, 0.1) is 0 Å². The van der Waals surface area contributed by atoms with Crippen LogP contribution in [0.4, 0.5) is 13.6 Å². The van der Waals surface area contributed by atoms with Gasteiger partial charge in [0.1, 0.15) is 12.1 Å². The van der Waals surface area contributed by atoms with Gasteiger partial charge in [0.25, 0.3) is 6.43 Å². The Balaban J connectivity index is 2.82. The summed E-state index contributed by atoms with van der Waals surface area (Å²) < 4.78 is 30.5. The van der Waals surface area contributed by atoms with Gasteiger partial charge in [0.2, 0.25) is 0 Å². The summed E-state index contributed by atoms with van der Waals surface area (Å²) in [7, 11) is 0. The van der Waals surface area contributed by atoms with E-state index in [4.69, 9.17) is 9.84 Å². The first-order valence-corrected chi connectivity index (χ1v) is 6.01. The predicted molar refractivity (Wildman–Crippen MR) is 66.1 cm³/mol. The normalized spacial score (nSPS) is 11.5. The van der Waals surface area contributed by atoms with E-state index in [0.29, 0.717) is 0 Å². The lowest BCUT2D eigenvalue weighted by atomic mass is 10.2. The van der Waals surface area contributed by atoms with Gasteiger partial charge in [-0.05, 0) is 20.8 Å². The molecule has 0 radical (unpaired) electrons. The van der Waals surface area contributed by atoms with Crippen molar-refractivity contribution >= 4 is 12.1 Å². The zero-order chi connectivity index (χ0) is 16.2. The Morgan fingerprint density at radius 3 is 2.52 bits per heavy atom. The molecule has 0 atom stereocenters. The van der Waals surface area contributed by atoms with Crippen molar-refractivity contribution in [2.45, 2.75) is 45.9 Å². The smallest absolute Gasteiger partial charge is 0.407 e. The van der Waals surface area contributed by atoms with Crippen LogP contribution in [-0.4, -0.2) is 44.2 Å². The molecule has 0 spiro atoms. The van der Waals surface area contributed by atoms with Crippen molar-refractivity contribution in [1.82, 2.24) is 20.3 Å². The molecule has 10 heteroatoms. The number of carbonyl (C=O) groups excluding carboxylic acids is 1. The van der Waals surface area contributed by atoms with E-state index in [0.717, 1.165) is 4.68 Å². The number of hydrogen-bond donors (Lipinski definition) is 2. The number of nitrogens with one attached hydrogen (secondary N) is 1. The number of carboxylic acids is 1. The molecule has 8 nitrogen and oxygen atoms in total. The van der Waals surface area contributed by atoms with Gasteiger partial charge in [-0.15, -0.1) is 5.10 Å². The summed E-state index contributed by atoms with van der Waals surface area (Å²) in [5, 5.41) is 17.9. The van der Waals surface area contributed by atoms with Crippen LogP contribution in [0.2, 0.25) is 0 Å². The molecule has 1 aromatic rings. The van der Waals surface area contributed by atoms with Crippen LogP contribution in [-0.2, 0) is 17.8 Å². The molecule has 2 N–H and O–H groups in total. The minimum Gasteiger partial charge on any atom is -0.476 e.